The number of furan rings is 1. The molecule has 0 spiro atoms. The van der Waals surface area contributed by atoms with E-state index in [1.165, 1.54) is 22.1 Å². The molecule has 1 nitrogen and oxygen atoms in total. The number of benzene rings is 1. The molecule has 1 atom stereocenters. The van der Waals surface area contributed by atoms with Gasteiger partial charge in [0.25, 0.3) is 0 Å². The Morgan fingerprint density at radius 3 is 2.27 bits per heavy atom. The maximum absolute atomic E-state index is 6.21. The number of rotatable bonds is 0. The van der Waals surface area contributed by atoms with E-state index < -0.39 is 0 Å². The quantitative estimate of drug-likeness (QED) is 0.552. The van der Waals surface area contributed by atoms with Gasteiger partial charge in [0.2, 0.25) is 0 Å². The van der Waals surface area contributed by atoms with Crippen molar-refractivity contribution >= 4 is 17.0 Å². The number of fused-ring (bicyclic) bond motifs is 3. The number of allylic oxidation sites excluding steroid dienone is 1. The summed E-state index contributed by atoms with van der Waals surface area (Å²) in [5.74, 6) is 1.71. The van der Waals surface area contributed by atoms with E-state index in [4.69, 9.17) is 4.42 Å². The van der Waals surface area contributed by atoms with E-state index in [1.807, 2.05) is 0 Å². The smallest absolute Gasteiger partial charge is 0.135 e. The van der Waals surface area contributed by atoms with E-state index >= 15 is 0 Å². The van der Waals surface area contributed by atoms with Crippen molar-refractivity contribution < 1.29 is 4.42 Å². The van der Waals surface area contributed by atoms with Gasteiger partial charge >= 0.3 is 0 Å². The highest BCUT2D eigenvalue weighted by Crippen LogP contribution is 2.42. The molecule has 118 valence electrons. The van der Waals surface area contributed by atoms with Crippen LogP contribution in [0.25, 0.3) is 17.0 Å². The molecular formula is C21H28O. The van der Waals surface area contributed by atoms with Crippen molar-refractivity contribution in [2.45, 2.75) is 60.3 Å². The third kappa shape index (κ3) is 2.51. The van der Waals surface area contributed by atoms with Crippen LogP contribution < -0.4 is 0 Å². The van der Waals surface area contributed by atoms with Crippen molar-refractivity contribution in [3.8, 4) is 0 Å². The fourth-order valence-corrected chi connectivity index (χ4v) is 3.59. The maximum Gasteiger partial charge on any atom is 0.135 e. The second-order valence-corrected chi connectivity index (χ2v) is 8.85. The van der Waals surface area contributed by atoms with Crippen LogP contribution in [0.2, 0.25) is 0 Å². The molecule has 0 bridgehead atoms. The molecule has 22 heavy (non-hydrogen) atoms. The molecule has 1 aromatic heterocycles. The van der Waals surface area contributed by atoms with Crippen LogP contribution >= 0.6 is 0 Å². The average molecular weight is 296 g/mol. The Morgan fingerprint density at radius 2 is 1.68 bits per heavy atom. The Morgan fingerprint density at radius 1 is 1.00 bits per heavy atom. The highest BCUT2D eigenvalue weighted by Gasteiger charge is 2.29. The van der Waals surface area contributed by atoms with Gasteiger partial charge in [-0.2, -0.15) is 0 Å². The molecule has 0 radical (unpaired) electrons. The molecule has 1 aromatic carbocycles. The molecule has 3 rings (SSSR count). The second-order valence-electron chi connectivity index (χ2n) is 8.85. The van der Waals surface area contributed by atoms with Gasteiger partial charge < -0.3 is 4.42 Å². The Balaban J connectivity index is 2.18. The van der Waals surface area contributed by atoms with Crippen LogP contribution in [0.4, 0.5) is 0 Å². The van der Waals surface area contributed by atoms with E-state index in [9.17, 15) is 0 Å². The van der Waals surface area contributed by atoms with Gasteiger partial charge in [-0.3, -0.25) is 0 Å². The van der Waals surface area contributed by atoms with E-state index in [0.29, 0.717) is 5.92 Å². The largest absolute Gasteiger partial charge is 0.460 e. The van der Waals surface area contributed by atoms with Crippen LogP contribution in [-0.4, -0.2) is 0 Å². The van der Waals surface area contributed by atoms with Crippen LogP contribution in [0.15, 0.2) is 28.2 Å². The Bertz CT molecular complexity index is 745. The molecule has 0 aliphatic heterocycles. The zero-order chi connectivity index (χ0) is 16.3. The van der Waals surface area contributed by atoms with Gasteiger partial charge in [0, 0.05) is 17.4 Å². The molecule has 0 fully saturated rings. The van der Waals surface area contributed by atoms with Crippen molar-refractivity contribution in [1.82, 2.24) is 0 Å². The van der Waals surface area contributed by atoms with Gasteiger partial charge in [0.15, 0.2) is 0 Å². The van der Waals surface area contributed by atoms with Crippen molar-refractivity contribution in [3.63, 3.8) is 0 Å². The minimum absolute atomic E-state index is 0.154. The zero-order valence-corrected chi connectivity index (χ0v) is 15.0. The minimum atomic E-state index is 0.154. The molecule has 0 saturated heterocycles. The van der Waals surface area contributed by atoms with E-state index in [-0.39, 0.29) is 10.8 Å². The summed E-state index contributed by atoms with van der Waals surface area (Å²) in [4.78, 5) is 0. The number of hydrogen-bond donors (Lipinski definition) is 0. The molecule has 0 N–H and O–H groups in total. The molecule has 0 saturated carbocycles. The fraction of sp³-hybridized carbons (Fsp3) is 0.524. The molecular weight excluding hydrogens is 268 g/mol. The normalized spacial score (nSPS) is 19.2. The van der Waals surface area contributed by atoms with Crippen LogP contribution in [0.5, 0.6) is 0 Å². The standard InChI is InChI=1S/C21H28O/c1-13-10-18-16(12-17(13)21(5,6)7)15-9-8-14(20(2,3)4)11-19(15)22-18/h8-9,11-13H,10H2,1-7H3. The molecule has 1 aliphatic carbocycles. The predicted molar refractivity (Wildman–Crippen MR) is 95.2 cm³/mol. The summed E-state index contributed by atoms with van der Waals surface area (Å²) in [6.45, 7) is 16.0. The van der Waals surface area contributed by atoms with Crippen LogP contribution in [0.1, 0.15) is 65.4 Å². The summed E-state index contributed by atoms with van der Waals surface area (Å²) in [5, 5.41) is 1.26. The van der Waals surface area contributed by atoms with Gasteiger partial charge in [-0.1, -0.05) is 72.2 Å². The minimum Gasteiger partial charge on any atom is -0.460 e. The summed E-state index contributed by atoms with van der Waals surface area (Å²) in [7, 11) is 0. The molecule has 0 amide bonds. The maximum atomic E-state index is 6.21. The van der Waals surface area contributed by atoms with Gasteiger partial charge in [0.05, 0.1) is 0 Å². The lowest BCUT2D eigenvalue weighted by molar-refractivity contribution is 0.412. The highest BCUT2D eigenvalue weighted by atomic mass is 16.3. The summed E-state index contributed by atoms with van der Waals surface area (Å²) >= 11 is 0. The third-order valence-corrected chi connectivity index (χ3v) is 4.86. The second kappa shape index (κ2) is 4.75. The first-order valence-corrected chi connectivity index (χ1v) is 8.35. The lowest BCUT2D eigenvalue weighted by atomic mass is 9.74. The lowest BCUT2D eigenvalue weighted by Crippen LogP contribution is -2.20. The summed E-state index contributed by atoms with van der Waals surface area (Å²) < 4.78 is 6.21. The molecule has 1 heteroatoms. The van der Waals surface area contributed by atoms with E-state index in [1.54, 1.807) is 0 Å². The highest BCUT2D eigenvalue weighted by molar-refractivity contribution is 5.90. The summed E-state index contributed by atoms with van der Waals surface area (Å²) in [5.41, 5.74) is 5.57. The van der Waals surface area contributed by atoms with Gasteiger partial charge in [-0.25, -0.2) is 0 Å². The predicted octanol–water partition coefficient (Wildman–Crippen LogP) is 6.35. The first-order chi connectivity index (χ1) is 10.1. The Kier molecular flexibility index (Phi) is 3.32. The van der Waals surface area contributed by atoms with Gasteiger partial charge in [-0.15, -0.1) is 0 Å². The first-order valence-electron chi connectivity index (χ1n) is 8.35. The first kappa shape index (κ1) is 15.4. The number of hydrogen-bond acceptors (Lipinski definition) is 1. The monoisotopic (exact) mass is 296 g/mol. The molecule has 1 heterocycles. The Hall–Kier alpha value is -1.50. The zero-order valence-electron chi connectivity index (χ0n) is 15.0. The Labute approximate surface area is 134 Å². The SMILES string of the molecule is CC1Cc2oc3cc(C(C)(C)C)ccc3c2C=C1C(C)(C)C. The van der Waals surface area contributed by atoms with Crippen molar-refractivity contribution in [2.24, 2.45) is 11.3 Å². The average Bonchev–Trinajstić information content (AvgIpc) is 2.71. The fourth-order valence-electron chi connectivity index (χ4n) is 3.59. The molecule has 2 aromatic rings. The van der Waals surface area contributed by atoms with Crippen LogP contribution in [0, 0.1) is 11.3 Å². The van der Waals surface area contributed by atoms with Crippen molar-refractivity contribution in [1.29, 1.82) is 0 Å². The third-order valence-electron chi connectivity index (χ3n) is 4.86. The molecule has 1 unspecified atom stereocenters. The topological polar surface area (TPSA) is 13.1 Å². The van der Waals surface area contributed by atoms with Gasteiger partial charge in [-0.05, 0) is 28.4 Å². The van der Waals surface area contributed by atoms with Crippen LogP contribution in [-0.2, 0) is 11.8 Å². The lowest BCUT2D eigenvalue weighted by Gasteiger charge is -2.30. The summed E-state index contributed by atoms with van der Waals surface area (Å²) in [6.07, 6.45) is 3.39. The van der Waals surface area contributed by atoms with Crippen molar-refractivity contribution in [3.05, 3.63) is 40.7 Å². The van der Waals surface area contributed by atoms with Crippen LogP contribution in [0.3, 0.4) is 0 Å². The van der Waals surface area contributed by atoms with E-state index in [0.717, 1.165) is 17.8 Å². The summed E-state index contributed by atoms with van der Waals surface area (Å²) in [6, 6.07) is 6.72. The van der Waals surface area contributed by atoms with E-state index in [2.05, 4.69) is 72.7 Å². The van der Waals surface area contributed by atoms with Crippen molar-refractivity contribution in [2.75, 3.05) is 0 Å². The van der Waals surface area contributed by atoms with Gasteiger partial charge in [0.1, 0.15) is 11.3 Å². The molecule has 1 aliphatic rings.